The van der Waals surface area contributed by atoms with E-state index in [9.17, 15) is 0 Å². The van der Waals surface area contributed by atoms with Crippen LogP contribution in [0.3, 0.4) is 0 Å². The zero-order valence-electron chi connectivity index (χ0n) is 42.5. The summed E-state index contributed by atoms with van der Waals surface area (Å²) in [6.07, 6.45) is 4.01. The number of piperazine rings is 2. The van der Waals surface area contributed by atoms with Gasteiger partial charge in [0.2, 0.25) is 0 Å². The Hall–Kier alpha value is -7.72. The van der Waals surface area contributed by atoms with Crippen LogP contribution in [0.4, 0.5) is 5.69 Å². The summed E-state index contributed by atoms with van der Waals surface area (Å²) in [7, 11) is 0. The summed E-state index contributed by atoms with van der Waals surface area (Å²) < 4.78 is 23.5. The molecule has 14 nitrogen and oxygen atoms in total. The van der Waals surface area contributed by atoms with Crippen LogP contribution in [0.1, 0.15) is 42.4 Å². The van der Waals surface area contributed by atoms with Gasteiger partial charge in [0.25, 0.3) is 0 Å². The lowest BCUT2D eigenvalue weighted by molar-refractivity contribution is 0.120. The molecule has 0 saturated carbocycles. The molecule has 2 aliphatic heterocycles. The van der Waals surface area contributed by atoms with Gasteiger partial charge in [-0.3, -0.25) is 10.8 Å². The maximum absolute atomic E-state index is 8.94. The maximum Gasteiger partial charge on any atom is 0.187 e. The lowest BCUT2D eigenvalue weighted by Crippen LogP contribution is -2.47. The quantitative estimate of drug-likeness (QED) is 0.0197. The maximum atomic E-state index is 8.94. The van der Waals surface area contributed by atoms with Gasteiger partial charge in [-0.2, -0.15) is 5.26 Å². The molecular formula is C60H70N10O4. The van der Waals surface area contributed by atoms with E-state index in [1.54, 1.807) is 12.1 Å². The molecule has 2 heterocycles. The Morgan fingerprint density at radius 3 is 0.973 bits per heavy atom. The van der Waals surface area contributed by atoms with E-state index in [1.165, 1.54) is 0 Å². The third-order valence-corrected chi connectivity index (χ3v) is 13.2. The average molecular weight is 995 g/mol. The van der Waals surface area contributed by atoms with Gasteiger partial charge in [-0.25, -0.2) is 4.85 Å². The molecule has 0 bridgehead atoms. The summed E-state index contributed by atoms with van der Waals surface area (Å²) in [4.78, 5) is 13.4. The van der Waals surface area contributed by atoms with Gasteiger partial charge < -0.3 is 50.0 Å². The molecule has 74 heavy (non-hydrogen) atoms. The third-order valence-electron chi connectivity index (χ3n) is 13.2. The van der Waals surface area contributed by atoms with Crippen molar-refractivity contribution in [3.8, 4) is 51.3 Å². The number of amidine groups is 2. The SMILES string of the molecule is N=C(N)c1ccc(OCCCN2CCN(CCCOc3ccc(-c4ccc(C(=N)N)cc4)cc3)CC2)cc1.[C-]#[N+]c1ccc(OCCCN2CCN(CCCOc3ccc(-c4ccc(C#N)cc4)cc3)CC2)cc1. The Balaban J connectivity index is 0.000000217. The van der Waals surface area contributed by atoms with Crippen molar-refractivity contribution in [1.29, 1.82) is 16.1 Å². The number of nitrogens with two attached hydrogens (primary N) is 2. The van der Waals surface area contributed by atoms with E-state index in [-0.39, 0.29) is 11.7 Å². The molecule has 2 fully saturated rings. The number of nitrogen functional groups attached to an aromatic ring is 2. The zero-order valence-corrected chi connectivity index (χ0v) is 42.5. The first-order valence-corrected chi connectivity index (χ1v) is 25.7. The fraction of sp³-hybridized carbons (Fsp3) is 0.333. The normalized spacial score (nSPS) is 14.1. The summed E-state index contributed by atoms with van der Waals surface area (Å²) in [5.74, 6) is 3.58. The van der Waals surface area contributed by atoms with Gasteiger partial charge in [0, 0.05) is 89.7 Å². The molecular weight excluding hydrogens is 925 g/mol. The molecule has 2 saturated heterocycles. The van der Waals surface area contributed by atoms with Crippen LogP contribution in [0, 0.1) is 28.7 Å². The van der Waals surface area contributed by atoms with E-state index < -0.39 is 0 Å². The molecule has 6 aromatic rings. The lowest BCUT2D eigenvalue weighted by Gasteiger charge is -2.34. The van der Waals surface area contributed by atoms with E-state index in [2.05, 4.69) is 54.8 Å². The van der Waals surface area contributed by atoms with Gasteiger partial charge in [0.05, 0.1) is 44.6 Å². The van der Waals surface area contributed by atoms with Crippen molar-refractivity contribution in [3.63, 3.8) is 0 Å². The average Bonchev–Trinajstić information content (AvgIpc) is 3.45. The van der Waals surface area contributed by atoms with Gasteiger partial charge in [0.1, 0.15) is 34.7 Å². The minimum Gasteiger partial charge on any atom is -0.494 e. The van der Waals surface area contributed by atoms with Crippen molar-refractivity contribution in [2.45, 2.75) is 25.7 Å². The number of benzene rings is 6. The third kappa shape index (κ3) is 17.8. The second kappa shape index (κ2) is 29.1. The van der Waals surface area contributed by atoms with Gasteiger partial charge in [-0.05, 0) is 121 Å². The fourth-order valence-electron chi connectivity index (χ4n) is 8.80. The summed E-state index contributed by atoms with van der Waals surface area (Å²) in [5, 5.41) is 23.9. The van der Waals surface area contributed by atoms with Crippen molar-refractivity contribution in [3.05, 3.63) is 174 Å². The van der Waals surface area contributed by atoms with Gasteiger partial charge in [-0.1, -0.05) is 72.8 Å². The number of hydrogen-bond acceptors (Lipinski definition) is 11. The topological polar surface area (TPSA) is 178 Å². The molecule has 6 aromatic carbocycles. The van der Waals surface area contributed by atoms with Crippen molar-refractivity contribution >= 4 is 17.4 Å². The minimum atomic E-state index is 0.0734. The Morgan fingerprint density at radius 1 is 0.432 bits per heavy atom. The smallest absolute Gasteiger partial charge is 0.187 e. The number of nitrogens with one attached hydrogen (secondary N) is 2. The molecule has 14 heteroatoms. The molecule has 0 aromatic heterocycles. The summed E-state index contributed by atoms with van der Waals surface area (Å²) in [6.45, 7) is 22.7. The molecule has 0 spiro atoms. The summed E-state index contributed by atoms with van der Waals surface area (Å²) in [5.41, 5.74) is 18.2. The number of rotatable bonds is 24. The molecule has 0 aliphatic carbocycles. The second-order valence-corrected chi connectivity index (χ2v) is 18.4. The highest BCUT2D eigenvalue weighted by molar-refractivity contribution is 5.95. The molecule has 384 valence electrons. The van der Waals surface area contributed by atoms with E-state index in [0.29, 0.717) is 43.2 Å². The predicted molar refractivity (Wildman–Crippen MR) is 296 cm³/mol. The predicted octanol–water partition coefficient (Wildman–Crippen LogP) is 9.41. The molecule has 0 amide bonds. The van der Waals surface area contributed by atoms with Gasteiger partial charge in [0.15, 0.2) is 5.69 Å². The van der Waals surface area contributed by atoms with Crippen LogP contribution in [-0.4, -0.2) is 136 Å². The number of hydrogen-bond donors (Lipinski definition) is 4. The first kappa shape index (κ1) is 54.1. The monoisotopic (exact) mass is 995 g/mol. The fourth-order valence-corrected chi connectivity index (χ4v) is 8.80. The van der Waals surface area contributed by atoms with E-state index in [0.717, 1.165) is 155 Å². The zero-order chi connectivity index (χ0) is 51.7. The molecule has 0 radical (unpaired) electrons. The molecule has 8 rings (SSSR count). The van der Waals surface area contributed by atoms with Crippen molar-refractivity contribution in [2.24, 2.45) is 11.5 Å². The highest BCUT2D eigenvalue weighted by Gasteiger charge is 2.18. The Kier molecular flexibility index (Phi) is 21.3. The van der Waals surface area contributed by atoms with Crippen molar-refractivity contribution in [2.75, 3.05) is 105 Å². The summed E-state index contributed by atoms with van der Waals surface area (Å²) >= 11 is 0. The standard InChI is InChI=1S/C30H38N6O2.C30H32N4O2/c31-29(32)25-5-3-23(4-6-25)24-7-11-27(12-8-24)37-21-1-15-35-17-19-36(20-18-35)16-2-22-38-28-13-9-26(10-14-28)30(33)34;1-32-28-10-14-30(15-11-28)36-23-3-17-34-20-18-33(19-21-34)16-2-22-35-29-12-8-27(9-13-29)26-6-4-25(24-31)5-7-26/h3-14H,1-2,15-22H2,(H3,31,32)(H3,33,34);4-15H,2-3,16-23H2. The molecule has 6 N–H and O–H groups in total. The van der Waals surface area contributed by atoms with Crippen molar-refractivity contribution in [1.82, 2.24) is 19.6 Å². The number of nitriles is 1. The van der Waals surface area contributed by atoms with Gasteiger partial charge in [-0.15, -0.1) is 0 Å². The number of nitrogens with zero attached hydrogens (tertiary/aromatic N) is 6. The Labute approximate surface area is 437 Å². The van der Waals surface area contributed by atoms with E-state index in [4.69, 9.17) is 53.1 Å². The Bertz CT molecular complexity index is 2710. The van der Waals surface area contributed by atoms with E-state index in [1.807, 2.05) is 109 Å². The van der Waals surface area contributed by atoms with Crippen LogP contribution in [0.2, 0.25) is 0 Å². The van der Waals surface area contributed by atoms with Crippen LogP contribution in [0.25, 0.3) is 27.1 Å². The second-order valence-electron chi connectivity index (χ2n) is 18.4. The van der Waals surface area contributed by atoms with Crippen LogP contribution in [-0.2, 0) is 0 Å². The van der Waals surface area contributed by atoms with Crippen molar-refractivity contribution < 1.29 is 18.9 Å². The van der Waals surface area contributed by atoms with Gasteiger partial charge >= 0.3 is 0 Å². The largest absolute Gasteiger partial charge is 0.494 e. The Morgan fingerprint density at radius 2 is 0.689 bits per heavy atom. The first-order chi connectivity index (χ1) is 36.2. The summed E-state index contributed by atoms with van der Waals surface area (Å²) in [6, 6.07) is 48.5. The van der Waals surface area contributed by atoms with E-state index >= 15 is 0 Å². The number of ether oxygens (including phenoxy) is 4. The van der Waals surface area contributed by atoms with Crippen LogP contribution in [0.15, 0.2) is 146 Å². The molecule has 0 unspecified atom stereocenters. The molecule has 0 atom stereocenters. The van der Waals surface area contributed by atoms with Crippen LogP contribution in [0.5, 0.6) is 23.0 Å². The molecule has 2 aliphatic rings. The first-order valence-electron chi connectivity index (χ1n) is 25.7. The minimum absolute atomic E-state index is 0.0734. The van der Waals surface area contributed by atoms with Crippen LogP contribution < -0.4 is 30.4 Å². The van der Waals surface area contributed by atoms with Crippen LogP contribution >= 0.6 is 0 Å². The highest BCUT2D eigenvalue weighted by atomic mass is 16.5. The lowest BCUT2D eigenvalue weighted by atomic mass is 10.0. The highest BCUT2D eigenvalue weighted by Crippen LogP contribution is 2.25.